The second-order valence-corrected chi connectivity index (χ2v) is 5.23. The standard InChI is InChI=1S/C16H24ClNO3/c1-3-5-9-20-16(19)12-21-15-7-6-14(17)10-13(15)11-18-8-4-2/h6-7,10,18H,3-5,8-9,11-12H2,1-2H3. The summed E-state index contributed by atoms with van der Waals surface area (Å²) in [5.74, 6) is 0.321. The Labute approximate surface area is 131 Å². The molecule has 5 heteroatoms. The third-order valence-corrected chi connectivity index (χ3v) is 3.11. The molecule has 0 heterocycles. The van der Waals surface area contributed by atoms with Gasteiger partial charge in [-0.05, 0) is 37.6 Å². The van der Waals surface area contributed by atoms with Crippen molar-refractivity contribution in [2.45, 2.75) is 39.7 Å². The largest absolute Gasteiger partial charge is 0.482 e. The number of rotatable bonds is 10. The molecule has 1 aromatic carbocycles. The van der Waals surface area contributed by atoms with Gasteiger partial charge in [0.05, 0.1) is 6.61 Å². The zero-order valence-corrected chi connectivity index (χ0v) is 13.5. The SMILES string of the molecule is CCCCOC(=O)COc1ccc(Cl)cc1CNCCC. The minimum absolute atomic E-state index is 0.0773. The summed E-state index contributed by atoms with van der Waals surface area (Å²) < 4.78 is 10.6. The Balaban J connectivity index is 2.50. The molecule has 0 unspecified atom stereocenters. The van der Waals surface area contributed by atoms with E-state index in [1.54, 1.807) is 12.1 Å². The monoisotopic (exact) mass is 313 g/mol. The summed E-state index contributed by atoms with van der Waals surface area (Å²) in [5, 5.41) is 3.95. The first-order chi connectivity index (χ1) is 10.2. The van der Waals surface area contributed by atoms with Gasteiger partial charge in [-0.3, -0.25) is 0 Å². The molecule has 21 heavy (non-hydrogen) atoms. The van der Waals surface area contributed by atoms with Crippen LogP contribution in [0, 0.1) is 0 Å². The number of ether oxygens (including phenoxy) is 2. The molecule has 118 valence electrons. The lowest BCUT2D eigenvalue weighted by molar-refractivity contribution is -0.146. The van der Waals surface area contributed by atoms with Gasteiger partial charge >= 0.3 is 5.97 Å². The van der Waals surface area contributed by atoms with Gasteiger partial charge in [0, 0.05) is 17.1 Å². The predicted octanol–water partition coefficient (Wildman–Crippen LogP) is 3.56. The lowest BCUT2D eigenvalue weighted by atomic mass is 10.2. The Morgan fingerprint density at radius 2 is 2.10 bits per heavy atom. The molecule has 0 amide bonds. The van der Waals surface area contributed by atoms with Gasteiger partial charge in [0.15, 0.2) is 6.61 Å². The molecule has 0 aliphatic rings. The van der Waals surface area contributed by atoms with Crippen molar-refractivity contribution in [2.24, 2.45) is 0 Å². The maximum atomic E-state index is 11.5. The fraction of sp³-hybridized carbons (Fsp3) is 0.562. The van der Waals surface area contributed by atoms with E-state index in [1.165, 1.54) is 0 Å². The Morgan fingerprint density at radius 3 is 2.81 bits per heavy atom. The smallest absolute Gasteiger partial charge is 0.344 e. The summed E-state index contributed by atoms with van der Waals surface area (Å²) in [6.07, 6.45) is 2.93. The van der Waals surface area contributed by atoms with Crippen LogP contribution in [0.3, 0.4) is 0 Å². The van der Waals surface area contributed by atoms with Crippen molar-refractivity contribution in [1.29, 1.82) is 0 Å². The van der Waals surface area contributed by atoms with Crippen LogP contribution in [0.2, 0.25) is 5.02 Å². The molecule has 0 bridgehead atoms. The first-order valence-electron chi connectivity index (χ1n) is 7.45. The van der Waals surface area contributed by atoms with Crippen molar-refractivity contribution >= 4 is 17.6 Å². The number of benzene rings is 1. The van der Waals surface area contributed by atoms with Gasteiger partial charge in [-0.1, -0.05) is 31.9 Å². The maximum absolute atomic E-state index is 11.5. The van der Waals surface area contributed by atoms with Crippen molar-refractivity contribution in [1.82, 2.24) is 5.32 Å². The van der Waals surface area contributed by atoms with Gasteiger partial charge in [-0.25, -0.2) is 4.79 Å². The lowest BCUT2D eigenvalue weighted by Crippen LogP contribution is -2.18. The summed E-state index contributed by atoms with van der Waals surface area (Å²) in [6, 6.07) is 5.38. The van der Waals surface area contributed by atoms with Gasteiger partial charge in [-0.15, -0.1) is 0 Å². The van der Waals surface area contributed by atoms with Gasteiger partial charge < -0.3 is 14.8 Å². The lowest BCUT2D eigenvalue weighted by Gasteiger charge is -2.12. The summed E-state index contributed by atoms with van der Waals surface area (Å²) in [7, 11) is 0. The number of hydrogen-bond acceptors (Lipinski definition) is 4. The van der Waals surface area contributed by atoms with Crippen LogP contribution in [-0.4, -0.2) is 25.7 Å². The quantitative estimate of drug-likeness (QED) is 0.530. The molecule has 0 saturated heterocycles. The van der Waals surface area contributed by atoms with E-state index >= 15 is 0 Å². The number of carbonyl (C=O) groups is 1. The van der Waals surface area contributed by atoms with Crippen LogP contribution in [0.1, 0.15) is 38.7 Å². The fourth-order valence-electron chi connectivity index (χ4n) is 1.74. The number of carbonyl (C=O) groups excluding carboxylic acids is 1. The van der Waals surface area contributed by atoms with Gasteiger partial charge in [-0.2, -0.15) is 0 Å². The van der Waals surface area contributed by atoms with E-state index in [1.807, 2.05) is 13.0 Å². The van der Waals surface area contributed by atoms with Crippen LogP contribution >= 0.6 is 11.6 Å². The molecule has 1 aromatic rings. The number of unbranched alkanes of at least 4 members (excludes halogenated alkanes) is 1. The minimum Gasteiger partial charge on any atom is -0.482 e. The Hall–Kier alpha value is -1.26. The Kier molecular flexibility index (Phi) is 8.87. The average Bonchev–Trinajstić information content (AvgIpc) is 2.47. The third-order valence-electron chi connectivity index (χ3n) is 2.87. The molecular weight excluding hydrogens is 290 g/mol. The molecule has 0 spiro atoms. The molecule has 0 radical (unpaired) electrons. The fourth-order valence-corrected chi connectivity index (χ4v) is 1.93. The molecule has 4 nitrogen and oxygen atoms in total. The van der Waals surface area contributed by atoms with Crippen LogP contribution in [0.4, 0.5) is 0 Å². The zero-order chi connectivity index (χ0) is 15.5. The van der Waals surface area contributed by atoms with Gasteiger partial charge in [0.2, 0.25) is 0 Å². The van der Waals surface area contributed by atoms with E-state index in [0.717, 1.165) is 31.4 Å². The molecule has 1 rings (SSSR count). The van der Waals surface area contributed by atoms with Crippen LogP contribution < -0.4 is 10.1 Å². The highest BCUT2D eigenvalue weighted by Crippen LogP contribution is 2.23. The summed E-state index contributed by atoms with van der Waals surface area (Å²) in [6.45, 7) is 6.11. The van der Waals surface area contributed by atoms with E-state index in [0.29, 0.717) is 23.9 Å². The maximum Gasteiger partial charge on any atom is 0.344 e. The van der Waals surface area contributed by atoms with Crippen molar-refractivity contribution in [2.75, 3.05) is 19.8 Å². The number of halogens is 1. The summed E-state index contributed by atoms with van der Waals surface area (Å²) >= 11 is 6.00. The third kappa shape index (κ3) is 7.34. The van der Waals surface area contributed by atoms with Crippen LogP contribution in [0.5, 0.6) is 5.75 Å². The summed E-state index contributed by atoms with van der Waals surface area (Å²) in [5.41, 5.74) is 0.942. The van der Waals surface area contributed by atoms with E-state index in [4.69, 9.17) is 21.1 Å². The highest BCUT2D eigenvalue weighted by molar-refractivity contribution is 6.30. The summed E-state index contributed by atoms with van der Waals surface area (Å²) in [4.78, 5) is 11.5. The van der Waals surface area contributed by atoms with Crippen molar-refractivity contribution < 1.29 is 14.3 Å². The predicted molar refractivity (Wildman–Crippen MR) is 84.8 cm³/mol. The first kappa shape index (κ1) is 17.8. The highest BCUT2D eigenvalue weighted by Gasteiger charge is 2.08. The van der Waals surface area contributed by atoms with Crippen molar-refractivity contribution in [3.8, 4) is 5.75 Å². The molecular formula is C16H24ClNO3. The van der Waals surface area contributed by atoms with Crippen molar-refractivity contribution in [3.63, 3.8) is 0 Å². The molecule has 0 atom stereocenters. The van der Waals surface area contributed by atoms with Gasteiger partial charge in [0.25, 0.3) is 0 Å². The molecule has 0 aliphatic heterocycles. The molecule has 1 N–H and O–H groups in total. The topological polar surface area (TPSA) is 47.6 Å². The highest BCUT2D eigenvalue weighted by atomic mass is 35.5. The second kappa shape index (κ2) is 10.5. The first-order valence-corrected chi connectivity index (χ1v) is 7.82. The molecule has 0 aliphatic carbocycles. The van der Waals surface area contributed by atoms with Crippen LogP contribution in [0.25, 0.3) is 0 Å². The number of hydrogen-bond donors (Lipinski definition) is 1. The molecule has 0 saturated carbocycles. The molecule has 0 fully saturated rings. The normalized spacial score (nSPS) is 10.4. The molecule has 0 aromatic heterocycles. The van der Waals surface area contributed by atoms with E-state index in [-0.39, 0.29) is 12.6 Å². The van der Waals surface area contributed by atoms with E-state index in [9.17, 15) is 4.79 Å². The number of esters is 1. The second-order valence-electron chi connectivity index (χ2n) is 4.79. The Morgan fingerprint density at radius 1 is 1.29 bits per heavy atom. The number of nitrogens with one attached hydrogen (secondary N) is 1. The van der Waals surface area contributed by atoms with E-state index in [2.05, 4.69) is 12.2 Å². The van der Waals surface area contributed by atoms with Crippen LogP contribution in [-0.2, 0) is 16.1 Å². The zero-order valence-electron chi connectivity index (χ0n) is 12.8. The van der Waals surface area contributed by atoms with E-state index < -0.39 is 0 Å². The minimum atomic E-state index is -0.342. The van der Waals surface area contributed by atoms with Gasteiger partial charge in [0.1, 0.15) is 5.75 Å². The van der Waals surface area contributed by atoms with Crippen LogP contribution in [0.15, 0.2) is 18.2 Å². The van der Waals surface area contributed by atoms with Crippen molar-refractivity contribution in [3.05, 3.63) is 28.8 Å². The Bertz CT molecular complexity index is 438. The average molecular weight is 314 g/mol.